The Hall–Kier alpha value is -2.87. The molecule has 28 heavy (non-hydrogen) atoms. The van der Waals surface area contributed by atoms with Crippen LogP contribution < -0.4 is 16.0 Å². The molecule has 1 unspecified atom stereocenters. The number of hydrogen-bond donors (Lipinski definition) is 4. The summed E-state index contributed by atoms with van der Waals surface area (Å²) in [6, 6.07) is 13.6. The summed E-state index contributed by atoms with van der Waals surface area (Å²) in [6.07, 6.45) is 0.484. The first-order chi connectivity index (χ1) is 13.3. The monoisotopic (exact) mass is 447 g/mol. The lowest BCUT2D eigenvalue weighted by Gasteiger charge is -2.14. The van der Waals surface area contributed by atoms with Gasteiger partial charge in [-0.2, -0.15) is 0 Å². The van der Waals surface area contributed by atoms with Crippen LogP contribution in [-0.4, -0.2) is 29.1 Å². The van der Waals surface area contributed by atoms with Crippen molar-refractivity contribution in [2.75, 3.05) is 10.6 Å². The van der Waals surface area contributed by atoms with Crippen molar-refractivity contribution >= 4 is 45.2 Å². The maximum atomic E-state index is 12.2. The van der Waals surface area contributed by atoms with Crippen LogP contribution in [0, 0.1) is 0 Å². The summed E-state index contributed by atoms with van der Waals surface area (Å²) < 4.78 is 0.916. The van der Waals surface area contributed by atoms with Gasteiger partial charge in [0.25, 0.3) is 0 Å². The van der Waals surface area contributed by atoms with Crippen molar-refractivity contribution in [2.45, 2.75) is 32.2 Å². The summed E-state index contributed by atoms with van der Waals surface area (Å²) >= 11 is 3.34. The van der Waals surface area contributed by atoms with E-state index in [4.69, 9.17) is 5.11 Å². The van der Waals surface area contributed by atoms with Crippen LogP contribution in [0.1, 0.15) is 25.3 Å². The molecule has 2 aromatic rings. The van der Waals surface area contributed by atoms with E-state index >= 15 is 0 Å². The van der Waals surface area contributed by atoms with E-state index in [2.05, 4.69) is 31.9 Å². The van der Waals surface area contributed by atoms with Gasteiger partial charge in [0.1, 0.15) is 0 Å². The smallest absolute Gasteiger partial charge is 0.323 e. The molecule has 0 radical (unpaired) electrons. The largest absolute Gasteiger partial charge is 0.481 e. The van der Waals surface area contributed by atoms with Crippen molar-refractivity contribution in [1.29, 1.82) is 0 Å². The molecule has 7 nitrogen and oxygen atoms in total. The van der Waals surface area contributed by atoms with Gasteiger partial charge < -0.3 is 21.1 Å². The predicted octanol–water partition coefficient (Wildman–Crippen LogP) is 4.01. The molecule has 0 saturated heterocycles. The number of urea groups is 1. The fourth-order valence-electron chi connectivity index (χ4n) is 2.59. The van der Waals surface area contributed by atoms with Crippen molar-refractivity contribution in [2.24, 2.45) is 0 Å². The quantitative estimate of drug-likeness (QED) is 0.490. The van der Waals surface area contributed by atoms with Crippen LogP contribution in [0.2, 0.25) is 0 Å². The highest BCUT2D eigenvalue weighted by Gasteiger charge is 2.12. The molecule has 0 heterocycles. The molecule has 0 aromatic heterocycles. The van der Waals surface area contributed by atoms with E-state index in [0.717, 1.165) is 10.0 Å². The molecule has 2 rings (SSSR count). The summed E-state index contributed by atoms with van der Waals surface area (Å²) in [5, 5.41) is 16.9. The summed E-state index contributed by atoms with van der Waals surface area (Å²) in [4.78, 5) is 34.9. The Kier molecular flexibility index (Phi) is 8.01. The fourth-order valence-corrected chi connectivity index (χ4v) is 2.85. The number of aliphatic carboxylic acids is 1. The molecule has 0 saturated carbocycles. The molecule has 148 valence electrons. The zero-order valence-electron chi connectivity index (χ0n) is 15.4. The molecule has 0 fully saturated rings. The average Bonchev–Trinajstić information content (AvgIpc) is 2.62. The first-order valence-electron chi connectivity index (χ1n) is 8.76. The number of hydrogen-bond acceptors (Lipinski definition) is 3. The standard InChI is InChI=1S/C20H22BrN3O4/c1-13(12-19(26)27)22-18(25)11-6-14-4-2-3-5-17(14)24-20(28)23-16-9-7-15(21)8-10-16/h2-5,7-10,13H,6,11-12H2,1H3,(H,22,25)(H,26,27)(H2,23,24,28). The van der Waals surface area contributed by atoms with E-state index in [1.807, 2.05) is 24.3 Å². The number of nitrogens with one attached hydrogen (secondary N) is 3. The number of benzene rings is 2. The molecule has 3 amide bonds. The average molecular weight is 448 g/mol. The minimum Gasteiger partial charge on any atom is -0.481 e. The molecule has 4 N–H and O–H groups in total. The Morgan fingerprint density at radius 2 is 1.71 bits per heavy atom. The second-order valence-corrected chi connectivity index (χ2v) is 7.23. The minimum atomic E-state index is -0.959. The van der Waals surface area contributed by atoms with Crippen molar-refractivity contribution < 1.29 is 19.5 Å². The Morgan fingerprint density at radius 3 is 2.39 bits per heavy atom. The third-order valence-electron chi connectivity index (χ3n) is 3.88. The van der Waals surface area contributed by atoms with E-state index in [1.165, 1.54) is 0 Å². The number of carbonyl (C=O) groups is 3. The Labute approximate surface area is 171 Å². The van der Waals surface area contributed by atoms with Crippen LogP contribution in [0.15, 0.2) is 53.0 Å². The molecule has 0 aliphatic heterocycles. The van der Waals surface area contributed by atoms with Crippen molar-refractivity contribution in [1.82, 2.24) is 5.32 Å². The Morgan fingerprint density at radius 1 is 1.04 bits per heavy atom. The Bertz CT molecular complexity index is 840. The lowest BCUT2D eigenvalue weighted by Crippen LogP contribution is -2.34. The second-order valence-electron chi connectivity index (χ2n) is 6.31. The Balaban J connectivity index is 1.91. The highest BCUT2D eigenvalue weighted by Crippen LogP contribution is 2.18. The maximum Gasteiger partial charge on any atom is 0.323 e. The molecule has 0 aliphatic rings. The minimum absolute atomic E-state index is 0.125. The predicted molar refractivity (Wildman–Crippen MR) is 111 cm³/mol. The molecular weight excluding hydrogens is 426 g/mol. The number of carbonyl (C=O) groups excluding carboxylic acids is 2. The van der Waals surface area contributed by atoms with Gasteiger partial charge in [0.2, 0.25) is 5.91 Å². The van der Waals surface area contributed by atoms with Crippen LogP contribution in [0.25, 0.3) is 0 Å². The zero-order chi connectivity index (χ0) is 20.5. The first kappa shape index (κ1) is 21.4. The van der Waals surface area contributed by atoms with Gasteiger partial charge in [-0.15, -0.1) is 0 Å². The van der Waals surface area contributed by atoms with Crippen molar-refractivity contribution in [3.05, 3.63) is 58.6 Å². The van der Waals surface area contributed by atoms with Gasteiger partial charge in [0.15, 0.2) is 0 Å². The van der Waals surface area contributed by atoms with Gasteiger partial charge >= 0.3 is 12.0 Å². The van der Waals surface area contributed by atoms with Crippen LogP contribution in [0.5, 0.6) is 0 Å². The number of rotatable bonds is 8. The highest BCUT2D eigenvalue weighted by atomic mass is 79.9. The molecule has 8 heteroatoms. The van der Waals surface area contributed by atoms with Gasteiger partial charge in [0.05, 0.1) is 6.42 Å². The number of aryl methyl sites for hydroxylation is 1. The number of para-hydroxylation sites is 1. The third kappa shape index (κ3) is 7.40. The molecule has 2 aromatic carbocycles. The fraction of sp³-hybridized carbons (Fsp3) is 0.250. The summed E-state index contributed by atoms with van der Waals surface area (Å²) in [7, 11) is 0. The summed E-state index contributed by atoms with van der Waals surface area (Å²) in [5.74, 6) is -1.19. The van der Waals surface area contributed by atoms with E-state index < -0.39 is 12.0 Å². The zero-order valence-corrected chi connectivity index (χ0v) is 17.0. The van der Waals surface area contributed by atoms with Crippen molar-refractivity contribution in [3.8, 4) is 0 Å². The lowest BCUT2D eigenvalue weighted by molar-refractivity contribution is -0.137. The third-order valence-corrected chi connectivity index (χ3v) is 4.41. The molecule has 0 aliphatic carbocycles. The summed E-state index contributed by atoms with van der Waals surface area (Å²) in [5.41, 5.74) is 2.09. The van der Waals surface area contributed by atoms with Crippen LogP contribution >= 0.6 is 15.9 Å². The van der Waals surface area contributed by atoms with Crippen LogP contribution in [-0.2, 0) is 16.0 Å². The number of anilines is 2. The SMILES string of the molecule is CC(CC(=O)O)NC(=O)CCc1ccccc1NC(=O)Nc1ccc(Br)cc1. The van der Waals surface area contributed by atoms with E-state index in [1.54, 1.807) is 31.2 Å². The van der Waals surface area contributed by atoms with Gasteiger partial charge in [-0.05, 0) is 49.2 Å². The molecule has 1 atom stereocenters. The van der Waals surface area contributed by atoms with E-state index in [0.29, 0.717) is 17.8 Å². The van der Waals surface area contributed by atoms with Gasteiger partial charge in [-0.3, -0.25) is 9.59 Å². The van der Waals surface area contributed by atoms with Crippen molar-refractivity contribution in [3.63, 3.8) is 0 Å². The number of carboxylic acid groups (broad SMARTS) is 1. The molecule has 0 bridgehead atoms. The van der Waals surface area contributed by atoms with Gasteiger partial charge in [-0.25, -0.2) is 4.79 Å². The molecular formula is C20H22BrN3O4. The second kappa shape index (κ2) is 10.5. The summed E-state index contributed by atoms with van der Waals surface area (Å²) in [6.45, 7) is 1.65. The number of carboxylic acids is 1. The number of amides is 3. The van der Waals surface area contributed by atoms with Crippen LogP contribution in [0.4, 0.5) is 16.2 Å². The maximum absolute atomic E-state index is 12.2. The highest BCUT2D eigenvalue weighted by molar-refractivity contribution is 9.10. The van der Waals surface area contributed by atoms with E-state index in [-0.39, 0.29) is 24.8 Å². The normalized spacial score (nSPS) is 11.4. The molecule has 0 spiro atoms. The topological polar surface area (TPSA) is 108 Å². The number of halogens is 1. The van der Waals surface area contributed by atoms with Gasteiger partial charge in [0, 0.05) is 28.3 Å². The van der Waals surface area contributed by atoms with E-state index in [9.17, 15) is 14.4 Å². The first-order valence-corrected chi connectivity index (χ1v) is 9.55. The lowest BCUT2D eigenvalue weighted by atomic mass is 10.1. The van der Waals surface area contributed by atoms with Crippen LogP contribution in [0.3, 0.4) is 0 Å². The van der Waals surface area contributed by atoms with Gasteiger partial charge in [-0.1, -0.05) is 34.1 Å².